The van der Waals surface area contributed by atoms with Gasteiger partial charge in [0.25, 0.3) is 5.91 Å². The molecule has 4 heteroatoms. The summed E-state index contributed by atoms with van der Waals surface area (Å²) >= 11 is 0. The Morgan fingerprint density at radius 1 is 1.22 bits per heavy atom. The summed E-state index contributed by atoms with van der Waals surface area (Å²) in [5, 5.41) is 3.20. The van der Waals surface area contributed by atoms with Gasteiger partial charge in [0, 0.05) is 11.6 Å². The molecule has 0 radical (unpaired) electrons. The van der Waals surface area contributed by atoms with Gasteiger partial charge < -0.3 is 11.1 Å². The van der Waals surface area contributed by atoms with Gasteiger partial charge >= 0.3 is 0 Å². The van der Waals surface area contributed by atoms with Crippen molar-refractivity contribution in [2.75, 3.05) is 6.54 Å². The molecule has 3 N–H and O–H groups in total. The second-order valence-electron chi connectivity index (χ2n) is 6.75. The van der Waals surface area contributed by atoms with E-state index >= 15 is 0 Å². The number of nitrogens with two attached hydrogens (primary N) is 1. The third-order valence-corrected chi connectivity index (χ3v) is 5.09. The Balaban J connectivity index is 2.02. The number of unbranched alkanes of at least 4 members (excludes halogenated alkanes) is 1. The van der Waals surface area contributed by atoms with Gasteiger partial charge in [0.05, 0.1) is 0 Å². The molecule has 1 aliphatic rings. The number of hydrogen-bond acceptors (Lipinski definition) is 2. The van der Waals surface area contributed by atoms with Gasteiger partial charge in [-0.3, -0.25) is 4.79 Å². The van der Waals surface area contributed by atoms with Crippen molar-refractivity contribution >= 4 is 5.91 Å². The summed E-state index contributed by atoms with van der Waals surface area (Å²) in [6, 6.07) is 5.97. The fourth-order valence-corrected chi connectivity index (χ4v) is 3.54. The van der Waals surface area contributed by atoms with Crippen molar-refractivity contribution in [3.05, 3.63) is 35.6 Å². The lowest BCUT2D eigenvalue weighted by Crippen LogP contribution is -2.39. The molecule has 1 aromatic rings. The van der Waals surface area contributed by atoms with Gasteiger partial charge in [-0.25, -0.2) is 4.39 Å². The Morgan fingerprint density at radius 2 is 1.91 bits per heavy atom. The maximum Gasteiger partial charge on any atom is 0.251 e. The lowest BCUT2D eigenvalue weighted by molar-refractivity contribution is 0.0916. The Labute approximate surface area is 138 Å². The van der Waals surface area contributed by atoms with E-state index in [4.69, 9.17) is 5.73 Å². The van der Waals surface area contributed by atoms with E-state index < -0.39 is 0 Å². The van der Waals surface area contributed by atoms with Gasteiger partial charge in [0.1, 0.15) is 5.82 Å². The molecule has 0 aliphatic heterocycles. The van der Waals surface area contributed by atoms with Crippen LogP contribution in [-0.2, 0) is 0 Å². The Kier molecular flexibility index (Phi) is 7.03. The molecule has 128 valence electrons. The number of amides is 1. The Hall–Kier alpha value is -1.42. The second kappa shape index (κ2) is 9.02. The average Bonchev–Trinajstić information content (AvgIpc) is 2.75. The van der Waals surface area contributed by atoms with Crippen molar-refractivity contribution < 1.29 is 9.18 Å². The van der Waals surface area contributed by atoms with E-state index in [1.54, 1.807) is 12.1 Å². The molecular weight excluding hydrogens is 291 g/mol. The SMILES string of the molecule is CCCCC1CCC(CN)CCC1NC(=O)c1ccc(F)cc1. The quantitative estimate of drug-likeness (QED) is 0.782. The van der Waals surface area contributed by atoms with Gasteiger partial charge in [-0.2, -0.15) is 0 Å². The zero-order chi connectivity index (χ0) is 16.7. The number of benzene rings is 1. The van der Waals surface area contributed by atoms with Crippen LogP contribution in [0.25, 0.3) is 0 Å². The lowest BCUT2D eigenvalue weighted by Gasteiger charge is -2.26. The molecule has 1 amide bonds. The minimum atomic E-state index is -0.317. The van der Waals surface area contributed by atoms with Crippen molar-refractivity contribution in [3.8, 4) is 0 Å². The number of carbonyl (C=O) groups is 1. The van der Waals surface area contributed by atoms with Crippen LogP contribution in [0, 0.1) is 17.7 Å². The molecular formula is C19H29FN2O. The molecule has 0 aromatic heterocycles. The van der Waals surface area contributed by atoms with Crippen LogP contribution in [0.15, 0.2) is 24.3 Å². The van der Waals surface area contributed by atoms with Gasteiger partial charge in [-0.15, -0.1) is 0 Å². The standard InChI is InChI=1S/C19H29FN2O/c1-2-3-4-15-7-5-14(13-21)6-12-18(15)22-19(23)16-8-10-17(20)11-9-16/h8-11,14-15,18H,2-7,12-13,21H2,1H3,(H,22,23). The van der Waals surface area contributed by atoms with Gasteiger partial charge in [-0.05, 0) is 74.8 Å². The highest BCUT2D eigenvalue weighted by molar-refractivity contribution is 5.94. The predicted molar refractivity (Wildman–Crippen MR) is 91.7 cm³/mol. The summed E-state index contributed by atoms with van der Waals surface area (Å²) in [7, 11) is 0. The van der Waals surface area contributed by atoms with Crippen molar-refractivity contribution in [1.29, 1.82) is 0 Å². The minimum Gasteiger partial charge on any atom is -0.349 e. The maximum atomic E-state index is 13.0. The summed E-state index contributed by atoms with van der Waals surface area (Å²) in [6.07, 6.45) is 7.89. The molecule has 3 nitrogen and oxygen atoms in total. The van der Waals surface area contributed by atoms with Crippen LogP contribution in [0.2, 0.25) is 0 Å². The largest absolute Gasteiger partial charge is 0.349 e. The fraction of sp³-hybridized carbons (Fsp3) is 0.632. The predicted octanol–water partition coefficient (Wildman–Crippen LogP) is 3.88. The molecule has 1 aliphatic carbocycles. The molecule has 0 saturated heterocycles. The van der Waals surface area contributed by atoms with Crippen molar-refractivity contribution in [1.82, 2.24) is 5.32 Å². The first-order chi connectivity index (χ1) is 11.1. The molecule has 2 rings (SSSR count). The molecule has 3 unspecified atom stereocenters. The first kappa shape index (κ1) is 17.9. The molecule has 0 bridgehead atoms. The number of nitrogens with one attached hydrogen (secondary N) is 1. The van der Waals surface area contributed by atoms with E-state index in [1.165, 1.54) is 25.0 Å². The highest BCUT2D eigenvalue weighted by Crippen LogP contribution is 2.30. The zero-order valence-corrected chi connectivity index (χ0v) is 14.1. The third kappa shape index (κ3) is 5.31. The van der Waals surface area contributed by atoms with Gasteiger partial charge in [-0.1, -0.05) is 19.8 Å². The molecule has 1 fully saturated rings. The van der Waals surface area contributed by atoms with E-state index in [1.807, 2.05) is 0 Å². The molecule has 1 aromatic carbocycles. The summed E-state index contributed by atoms with van der Waals surface area (Å²) in [5.74, 6) is 0.688. The van der Waals surface area contributed by atoms with Crippen LogP contribution in [0.4, 0.5) is 4.39 Å². The summed E-state index contributed by atoms with van der Waals surface area (Å²) in [4.78, 5) is 12.4. The van der Waals surface area contributed by atoms with Gasteiger partial charge in [0.2, 0.25) is 0 Å². The molecule has 1 saturated carbocycles. The lowest BCUT2D eigenvalue weighted by atomic mass is 9.89. The highest BCUT2D eigenvalue weighted by atomic mass is 19.1. The van der Waals surface area contributed by atoms with Crippen LogP contribution in [0.5, 0.6) is 0 Å². The normalized spacial score (nSPS) is 24.9. The number of halogens is 1. The van der Waals surface area contributed by atoms with Crippen LogP contribution < -0.4 is 11.1 Å². The van der Waals surface area contributed by atoms with E-state index in [9.17, 15) is 9.18 Å². The smallest absolute Gasteiger partial charge is 0.251 e. The molecule has 0 spiro atoms. The van der Waals surface area contributed by atoms with E-state index in [0.717, 1.165) is 38.6 Å². The first-order valence-corrected chi connectivity index (χ1v) is 8.90. The summed E-state index contributed by atoms with van der Waals surface area (Å²) in [6.45, 7) is 2.94. The Bertz CT molecular complexity index is 489. The average molecular weight is 320 g/mol. The molecule has 23 heavy (non-hydrogen) atoms. The van der Waals surface area contributed by atoms with Crippen LogP contribution in [0.1, 0.15) is 62.2 Å². The number of rotatable bonds is 6. The van der Waals surface area contributed by atoms with Crippen molar-refractivity contribution in [3.63, 3.8) is 0 Å². The minimum absolute atomic E-state index is 0.0947. The van der Waals surface area contributed by atoms with E-state index in [2.05, 4.69) is 12.2 Å². The molecule has 0 heterocycles. The maximum absolute atomic E-state index is 13.0. The Morgan fingerprint density at radius 3 is 2.57 bits per heavy atom. The van der Waals surface area contributed by atoms with Crippen LogP contribution in [-0.4, -0.2) is 18.5 Å². The summed E-state index contributed by atoms with van der Waals surface area (Å²) < 4.78 is 13.0. The monoisotopic (exact) mass is 320 g/mol. The third-order valence-electron chi connectivity index (χ3n) is 5.09. The first-order valence-electron chi connectivity index (χ1n) is 8.90. The highest BCUT2D eigenvalue weighted by Gasteiger charge is 2.28. The van der Waals surface area contributed by atoms with Crippen LogP contribution >= 0.6 is 0 Å². The number of carbonyl (C=O) groups excluding carboxylic acids is 1. The van der Waals surface area contributed by atoms with Crippen molar-refractivity contribution in [2.45, 2.75) is 57.9 Å². The van der Waals surface area contributed by atoms with Crippen LogP contribution in [0.3, 0.4) is 0 Å². The topological polar surface area (TPSA) is 55.1 Å². The second-order valence-corrected chi connectivity index (χ2v) is 6.75. The molecule has 3 atom stereocenters. The van der Waals surface area contributed by atoms with E-state index in [0.29, 0.717) is 17.4 Å². The van der Waals surface area contributed by atoms with Crippen molar-refractivity contribution in [2.24, 2.45) is 17.6 Å². The fourth-order valence-electron chi connectivity index (χ4n) is 3.54. The van der Waals surface area contributed by atoms with E-state index in [-0.39, 0.29) is 17.8 Å². The summed E-state index contributed by atoms with van der Waals surface area (Å²) in [5.41, 5.74) is 6.38. The zero-order valence-electron chi connectivity index (χ0n) is 14.1. The van der Waals surface area contributed by atoms with Gasteiger partial charge in [0.15, 0.2) is 0 Å². The number of hydrogen-bond donors (Lipinski definition) is 2.